The zero-order valence-corrected chi connectivity index (χ0v) is 15.0. The molecule has 5 nitrogen and oxygen atoms in total. The number of hydrogen-bond acceptors (Lipinski definition) is 5. The van der Waals surface area contributed by atoms with Gasteiger partial charge in [-0.2, -0.15) is 0 Å². The molecule has 1 N–H and O–H groups in total. The van der Waals surface area contributed by atoms with Crippen molar-refractivity contribution in [2.45, 2.75) is 0 Å². The Morgan fingerprint density at radius 3 is 2.37 bits per heavy atom. The molecule has 0 spiro atoms. The molecule has 2 aromatic carbocycles. The number of nitrogens with zero attached hydrogens (tertiary/aromatic N) is 1. The van der Waals surface area contributed by atoms with Crippen LogP contribution in [-0.2, 0) is 4.74 Å². The van der Waals surface area contributed by atoms with Gasteiger partial charge in [-0.25, -0.2) is 9.18 Å². The Hall–Kier alpha value is -3.25. The first-order valence-electron chi connectivity index (χ1n) is 7.89. The van der Waals surface area contributed by atoms with Gasteiger partial charge in [-0.1, -0.05) is 11.6 Å². The van der Waals surface area contributed by atoms with E-state index in [1.54, 1.807) is 24.3 Å². The maximum Gasteiger partial charge on any atom is 0.340 e. The summed E-state index contributed by atoms with van der Waals surface area (Å²) >= 11 is 5.85. The highest BCUT2D eigenvalue weighted by Crippen LogP contribution is 2.20. The Bertz CT molecular complexity index is 989. The van der Waals surface area contributed by atoms with Gasteiger partial charge < -0.3 is 10.1 Å². The van der Waals surface area contributed by atoms with Gasteiger partial charge in [0, 0.05) is 16.3 Å². The number of carbonyl (C=O) groups is 2. The van der Waals surface area contributed by atoms with Gasteiger partial charge in [-0.15, -0.1) is 0 Å². The minimum absolute atomic E-state index is 0.141. The molecule has 0 saturated heterocycles. The van der Waals surface area contributed by atoms with Crippen molar-refractivity contribution >= 4 is 34.7 Å². The van der Waals surface area contributed by atoms with Crippen molar-refractivity contribution in [1.82, 2.24) is 4.98 Å². The summed E-state index contributed by atoms with van der Waals surface area (Å²) in [5.74, 6) is -2.04. The van der Waals surface area contributed by atoms with Crippen LogP contribution in [0, 0.1) is 5.82 Å². The molecule has 3 rings (SSSR count). The quantitative estimate of drug-likeness (QED) is 0.513. The summed E-state index contributed by atoms with van der Waals surface area (Å²) in [5.41, 5.74) is 1.51. The molecule has 0 fully saturated rings. The van der Waals surface area contributed by atoms with Crippen LogP contribution in [0.4, 0.5) is 15.8 Å². The summed E-state index contributed by atoms with van der Waals surface area (Å²) in [6.07, 6.45) is 1.51. The molecule has 0 amide bonds. The van der Waals surface area contributed by atoms with Crippen LogP contribution in [0.5, 0.6) is 0 Å². The predicted octanol–water partition coefficient (Wildman–Crippen LogP) is 4.64. The molecule has 0 atom stereocenters. The number of benzene rings is 2. The molecule has 136 valence electrons. The molecule has 0 bridgehead atoms. The normalized spacial score (nSPS) is 10.3. The van der Waals surface area contributed by atoms with Gasteiger partial charge in [0.05, 0.1) is 24.6 Å². The van der Waals surface area contributed by atoms with Gasteiger partial charge in [-0.3, -0.25) is 9.78 Å². The molecule has 0 radical (unpaired) electrons. The maximum atomic E-state index is 13.7. The van der Waals surface area contributed by atoms with Gasteiger partial charge in [0.1, 0.15) is 11.5 Å². The molecule has 0 unspecified atom stereocenters. The van der Waals surface area contributed by atoms with Crippen molar-refractivity contribution in [3.8, 4) is 0 Å². The molecular formula is C20H14ClFN2O3. The standard InChI is InChI=1S/C20H14ClFN2O3/c1-27-20(26)16-10-12(2-8-17(16)22)19(25)18-9-7-15(11-23-18)24-14-5-3-13(21)4-6-14/h2-11,24H,1H3. The lowest BCUT2D eigenvalue weighted by molar-refractivity contribution is 0.0595. The number of pyridine rings is 1. The summed E-state index contributed by atoms with van der Waals surface area (Å²) in [5, 5.41) is 3.76. The molecule has 7 heteroatoms. The van der Waals surface area contributed by atoms with E-state index < -0.39 is 17.6 Å². The lowest BCUT2D eigenvalue weighted by Crippen LogP contribution is -2.09. The number of halogens is 2. The summed E-state index contributed by atoms with van der Waals surface area (Å²) < 4.78 is 18.2. The zero-order valence-electron chi connectivity index (χ0n) is 14.2. The van der Waals surface area contributed by atoms with Crippen molar-refractivity contribution in [2.75, 3.05) is 12.4 Å². The van der Waals surface area contributed by atoms with Gasteiger partial charge in [0.25, 0.3) is 0 Å². The topological polar surface area (TPSA) is 68.3 Å². The van der Waals surface area contributed by atoms with Crippen LogP contribution in [0.2, 0.25) is 5.02 Å². The maximum absolute atomic E-state index is 13.7. The average Bonchev–Trinajstić information content (AvgIpc) is 2.69. The van der Waals surface area contributed by atoms with E-state index in [2.05, 4.69) is 15.0 Å². The summed E-state index contributed by atoms with van der Waals surface area (Å²) in [4.78, 5) is 28.3. The van der Waals surface area contributed by atoms with Crippen molar-refractivity contribution in [2.24, 2.45) is 0 Å². The molecule has 0 aliphatic carbocycles. The highest BCUT2D eigenvalue weighted by atomic mass is 35.5. The third-order valence-electron chi connectivity index (χ3n) is 3.76. The smallest absolute Gasteiger partial charge is 0.340 e. The fourth-order valence-corrected chi connectivity index (χ4v) is 2.51. The van der Waals surface area contributed by atoms with E-state index in [9.17, 15) is 14.0 Å². The third kappa shape index (κ3) is 4.30. The highest BCUT2D eigenvalue weighted by Gasteiger charge is 2.17. The van der Waals surface area contributed by atoms with Crippen LogP contribution < -0.4 is 5.32 Å². The number of aromatic nitrogens is 1. The molecule has 3 aromatic rings. The fourth-order valence-electron chi connectivity index (χ4n) is 2.38. The molecule has 0 saturated carbocycles. The third-order valence-corrected chi connectivity index (χ3v) is 4.01. The van der Waals surface area contributed by atoms with Crippen molar-refractivity contribution in [3.63, 3.8) is 0 Å². The van der Waals surface area contributed by atoms with E-state index >= 15 is 0 Å². The summed E-state index contributed by atoms with van der Waals surface area (Å²) in [6.45, 7) is 0. The monoisotopic (exact) mass is 384 g/mol. The van der Waals surface area contributed by atoms with E-state index in [1.807, 2.05) is 12.1 Å². The molecular weight excluding hydrogens is 371 g/mol. The van der Waals surface area contributed by atoms with E-state index in [0.29, 0.717) is 10.7 Å². The summed E-state index contributed by atoms with van der Waals surface area (Å²) in [6, 6.07) is 13.9. The highest BCUT2D eigenvalue weighted by molar-refractivity contribution is 6.30. The lowest BCUT2D eigenvalue weighted by Gasteiger charge is -2.08. The number of carbonyl (C=O) groups excluding carboxylic acids is 2. The molecule has 27 heavy (non-hydrogen) atoms. The van der Waals surface area contributed by atoms with Gasteiger partial charge in [0.2, 0.25) is 5.78 Å². The second kappa shape index (κ2) is 7.97. The Balaban J connectivity index is 1.79. The van der Waals surface area contributed by atoms with Crippen molar-refractivity contribution in [3.05, 3.63) is 88.5 Å². The van der Waals surface area contributed by atoms with Crippen molar-refractivity contribution < 1.29 is 18.7 Å². The summed E-state index contributed by atoms with van der Waals surface area (Å²) in [7, 11) is 1.14. The first-order valence-corrected chi connectivity index (χ1v) is 8.27. The average molecular weight is 385 g/mol. The second-order valence-corrected chi connectivity index (χ2v) is 6.02. The Morgan fingerprint density at radius 1 is 1.04 bits per heavy atom. The van der Waals surface area contributed by atoms with Crippen LogP contribution in [0.15, 0.2) is 60.8 Å². The van der Waals surface area contributed by atoms with E-state index in [4.69, 9.17) is 11.6 Å². The first-order chi connectivity index (χ1) is 13.0. The van der Waals surface area contributed by atoms with E-state index in [1.165, 1.54) is 12.3 Å². The largest absolute Gasteiger partial charge is 0.465 e. The van der Waals surface area contributed by atoms with Crippen LogP contribution in [-0.4, -0.2) is 23.8 Å². The first kappa shape index (κ1) is 18.5. The Morgan fingerprint density at radius 2 is 1.74 bits per heavy atom. The van der Waals surface area contributed by atoms with Crippen LogP contribution >= 0.6 is 11.6 Å². The van der Waals surface area contributed by atoms with E-state index in [-0.39, 0.29) is 16.8 Å². The number of ether oxygens (including phenoxy) is 1. The zero-order chi connectivity index (χ0) is 19.4. The number of anilines is 2. The minimum Gasteiger partial charge on any atom is -0.465 e. The van der Waals surface area contributed by atoms with Gasteiger partial charge in [0.15, 0.2) is 0 Å². The second-order valence-electron chi connectivity index (χ2n) is 5.58. The number of esters is 1. The fraction of sp³-hybridized carbons (Fsp3) is 0.0500. The number of hydrogen-bond donors (Lipinski definition) is 1. The van der Waals surface area contributed by atoms with Crippen LogP contribution in [0.1, 0.15) is 26.4 Å². The van der Waals surface area contributed by atoms with Crippen molar-refractivity contribution in [1.29, 1.82) is 0 Å². The van der Waals surface area contributed by atoms with E-state index in [0.717, 1.165) is 24.9 Å². The van der Waals surface area contributed by atoms with Crippen LogP contribution in [0.25, 0.3) is 0 Å². The Labute approximate surface area is 159 Å². The number of nitrogens with one attached hydrogen (secondary N) is 1. The molecule has 1 heterocycles. The molecule has 0 aliphatic heterocycles. The lowest BCUT2D eigenvalue weighted by atomic mass is 10.0. The molecule has 1 aromatic heterocycles. The predicted molar refractivity (Wildman–Crippen MR) is 100 cm³/mol. The van der Waals surface area contributed by atoms with Gasteiger partial charge >= 0.3 is 5.97 Å². The minimum atomic E-state index is -0.849. The number of ketones is 1. The Kier molecular flexibility index (Phi) is 5.47. The van der Waals surface area contributed by atoms with Crippen LogP contribution in [0.3, 0.4) is 0 Å². The SMILES string of the molecule is COC(=O)c1cc(C(=O)c2ccc(Nc3ccc(Cl)cc3)cn2)ccc1F. The number of rotatable bonds is 5. The number of methoxy groups -OCH3 is 1. The van der Waals surface area contributed by atoms with Gasteiger partial charge in [-0.05, 0) is 54.6 Å². The molecule has 0 aliphatic rings.